The Bertz CT molecular complexity index is 1190. The van der Waals surface area contributed by atoms with Crippen molar-refractivity contribution in [1.82, 2.24) is 9.88 Å². The SMILES string of the molecule is COc1cc(C)c2[nH]c3c(c(=O)c2c1)CN(CC(=O)Nc1cc(F)cc(F)c1)CC3. The van der Waals surface area contributed by atoms with Crippen molar-refractivity contribution in [2.75, 3.05) is 25.5 Å². The van der Waals surface area contributed by atoms with Crippen molar-refractivity contribution in [1.29, 1.82) is 0 Å². The first-order chi connectivity index (χ1) is 14.3. The van der Waals surface area contributed by atoms with Crippen LogP contribution in [0, 0.1) is 18.6 Å². The standard InChI is InChI=1S/C22H21F2N3O3/c1-12-5-16(30-2)9-17-21(12)26-19-3-4-27(10-18(19)22(17)29)11-20(28)25-15-7-13(23)6-14(24)8-15/h5-9H,3-4,10-11H2,1-2H3,(H,25,28)(H,26,29). The normalized spacial score (nSPS) is 13.9. The number of carbonyl (C=O) groups is 1. The fraction of sp³-hybridized carbons (Fsp3) is 0.273. The molecule has 1 aromatic heterocycles. The van der Waals surface area contributed by atoms with Crippen LogP contribution >= 0.6 is 0 Å². The molecule has 0 bridgehead atoms. The molecule has 30 heavy (non-hydrogen) atoms. The number of anilines is 1. The molecular weight excluding hydrogens is 392 g/mol. The van der Waals surface area contributed by atoms with Crippen LogP contribution in [0.15, 0.2) is 35.1 Å². The van der Waals surface area contributed by atoms with Crippen molar-refractivity contribution in [2.45, 2.75) is 19.9 Å². The van der Waals surface area contributed by atoms with Crippen LogP contribution in [0.25, 0.3) is 10.9 Å². The molecule has 156 valence electrons. The number of fused-ring (bicyclic) bond motifs is 2. The van der Waals surface area contributed by atoms with Crippen molar-refractivity contribution >= 4 is 22.5 Å². The highest BCUT2D eigenvalue weighted by atomic mass is 19.1. The summed E-state index contributed by atoms with van der Waals surface area (Å²) in [6, 6.07) is 6.44. The lowest BCUT2D eigenvalue weighted by atomic mass is 10.0. The lowest BCUT2D eigenvalue weighted by Gasteiger charge is -2.28. The van der Waals surface area contributed by atoms with Crippen LogP contribution in [0.1, 0.15) is 16.8 Å². The molecule has 1 aliphatic heterocycles. The number of carbonyl (C=O) groups excluding carboxylic acids is 1. The van der Waals surface area contributed by atoms with Gasteiger partial charge in [-0.15, -0.1) is 0 Å². The Balaban J connectivity index is 1.55. The van der Waals surface area contributed by atoms with Gasteiger partial charge in [-0.2, -0.15) is 0 Å². The Morgan fingerprint density at radius 2 is 1.93 bits per heavy atom. The molecule has 8 heteroatoms. The quantitative estimate of drug-likeness (QED) is 0.689. The van der Waals surface area contributed by atoms with Gasteiger partial charge in [0.2, 0.25) is 5.91 Å². The molecule has 2 N–H and O–H groups in total. The summed E-state index contributed by atoms with van der Waals surface area (Å²) < 4.78 is 31.9. The summed E-state index contributed by atoms with van der Waals surface area (Å²) in [4.78, 5) is 30.6. The van der Waals surface area contributed by atoms with Gasteiger partial charge in [0.1, 0.15) is 17.4 Å². The molecule has 6 nitrogen and oxygen atoms in total. The fourth-order valence-electron chi connectivity index (χ4n) is 3.86. The Morgan fingerprint density at radius 1 is 1.20 bits per heavy atom. The Hall–Kier alpha value is -3.26. The zero-order valence-electron chi connectivity index (χ0n) is 16.6. The van der Waals surface area contributed by atoms with Crippen LogP contribution in [0.3, 0.4) is 0 Å². The maximum Gasteiger partial charge on any atom is 0.238 e. The van der Waals surface area contributed by atoms with Gasteiger partial charge in [-0.1, -0.05) is 0 Å². The minimum Gasteiger partial charge on any atom is -0.497 e. The van der Waals surface area contributed by atoms with Crippen LogP contribution < -0.4 is 15.5 Å². The van der Waals surface area contributed by atoms with Crippen molar-refractivity contribution < 1.29 is 18.3 Å². The van der Waals surface area contributed by atoms with E-state index in [1.165, 1.54) is 0 Å². The van der Waals surface area contributed by atoms with Gasteiger partial charge in [-0.05, 0) is 36.8 Å². The summed E-state index contributed by atoms with van der Waals surface area (Å²) in [5.41, 5.74) is 3.17. The number of aryl methyl sites for hydroxylation is 1. The Kier molecular flexibility index (Phi) is 5.26. The number of rotatable bonds is 4. The van der Waals surface area contributed by atoms with Gasteiger partial charge in [0.15, 0.2) is 5.43 Å². The number of benzene rings is 2. The van der Waals surface area contributed by atoms with Gasteiger partial charge in [0.05, 0.1) is 19.2 Å². The molecule has 0 atom stereocenters. The summed E-state index contributed by atoms with van der Waals surface area (Å²) in [5, 5.41) is 3.05. The predicted molar refractivity (Wildman–Crippen MR) is 110 cm³/mol. The number of nitrogens with one attached hydrogen (secondary N) is 2. The minimum atomic E-state index is -0.763. The zero-order valence-corrected chi connectivity index (χ0v) is 16.6. The summed E-state index contributed by atoms with van der Waals surface area (Å²) in [7, 11) is 1.55. The number of hydrogen-bond acceptors (Lipinski definition) is 4. The molecule has 0 saturated carbocycles. The number of aromatic nitrogens is 1. The number of hydrogen-bond donors (Lipinski definition) is 2. The molecule has 0 unspecified atom stereocenters. The van der Waals surface area contributed by atoms with E-state index in [2.05, 4.69) is 10.3 Å². The number of methoxy groups -OCH3 is 1. The highest BCUT2D eigenvalue weighted by molar-refractivity contribution is 5.92. The lowest BCUT2D eigenvalue weighted by Crippen LogP contribution is -2.39. The van der Waals surface area contributed by atoms with Gasteiger partial charge in [0.25, 0.3) is 0 Å². The third-order valence-corrected chi connectivity index (χ3v) is 5.28. The van der Waals surface area contributed by atoms with Gasteiger partial charge in [0, 0.05) is 47.9 Å². The molecule has 4 rings (SSSR count). The van der Waals surface area contributed by atoms with Crippen LogP contribution in [-0.2, 0) is 17.8 Å². The highest BCUT2D eigenvalue weighted by Crippen LogP contribution is 2.25. The summed E-state index contributed by atoms with van der Waals surface area (Å²) >= 11 is 0. The smallest absolute Gasteiger partial charge is 0.238 e. The Labute approximate surface area is 171 Å². The summed E-state index contributed by atoms with van der Waals surface area (Å²) in [5.74, 6) is -1.32. The first-order valence-electron chi connectivity index (χ1n) is 9.54. The molecule has 1 aliphatic rings. The maximum absolute atomic E-state index is 13.3. The second-order valence-electron chi connectivity index (χ2n) is 7.45. The van der Waals surface area contributed by atoms with Crippen LogP contribution in [0.2, 0.25) is 0 Å². The molecular formula is C22H21F2N3O3. The number of halogens is 2. The number of pyridine rings is 1. The van der Waals surface area contributed by atoms with Crippen molar-refractivity contribution in [3.05, 3.63) is 69.0 Å². The zero-order chi connectivity index (χ0) is 21.4. The van der Waals surface area contributed by atoms with Crippen LogP contribution in [0.4, 0.5) is 14.5 Å². The Morgan fingerprint density at radius 3 is 2.63 bits per heavy atom. The van der Waals surface area contributed by atoms with Crippen molar-refractivity contribution in [3.63, 3.8) is 0 Å². The largest absolute Gasteiger partial charge is 0.497 e. The number of ether oxygens (including phenoxy) is 1. The number of nitrogens with zero attached hydrogens (tertiary/aromatic N) is 1. The molecule has 2 aromatic carbocycles. The third-order valence-electron chi connectivity index (χ3n) is 5.28. The molecule has 1 amide bonds. The average molecular weight is 413 g/mol. The van der Waals surface area contributed by atoms with E-state index >= 15 is 0 Å². The summed E-state index contributed by atoms with van der Waals surface area (Å²) in [6.07, 6.45) is 0.591. The van der Waals surface area contributed by atoms with E-state index in [1.807, 2.05) is 17.9 Å². The second-order valence-corrected chi connectivity index (χ2v) is 7.45. The van der Waals surface area contributed by atoms with E-state index in [9.17, 15) is 18.4 Å². The van der Waals surface area contributed by atoms with Crippen LogP contribution in [0.5, 0.6) is 5.75 Å². The number of aromatic amines is 1. The minimum absolute atomic E-state index is 0.00614. The molecule has 0 spiro atoms. The second kappa shape index (κ2) is 7.87. The average Bonchev–Trinajstić information content (AvgIpc) is 2.68. The number of H-pyrrole nitrogens is 1. The topological polar surface area (TPSA) is 74.4 Å². The van der Waals surface area contributed by atoms with E-state index in [4.69, 9.17) is 4.74 Å². The van der Waals surface area contributed by atoms with E-state index in [0.29, 0.717) is 36.2 Å². The first kappa shape index (κ1) is 20.0. The fourth-order valence-corrected chi connectivity index (χ4v) is 3.86. The van der Waals surface area contributed by atoms with E-state index in [1.54, 1.807) is 13.2 Å². The van der Waals surface area contributed by atoms with Crippen molar-refractivity contribution in [3.8, 4) is 5.75 Å². The highest BCUT2D eigenvalue weighted by Gasteiger charge is 2.23. The molecule has 2 heterocycles. The summed E-state index contributed by atoms with van der Waals surface area (Å²) in [6.45, 7) is 2.81. The lowest BCUT2D eigenvalue weighted by molar-refractivity contribution is -0.117. The molecule has 3 aromatic rings. The van der Waals surface area contributed by atoms with Gasteiger partial charge in [-0.3, -0.25) is 14.5 Å². The van der Waals surface area contributed by atoms with Gasteiger partial charge < -0.3 is 15.0 Å². The molecule has 0 radical (unpaired) electrons. The maximum atomic E-state index is 13.3. The van der Waals surface area contributed by atoms with Crippen molar-refractivity contribution in [2.24, 2.45) is 0 Å². The van der Waals surface area contributed by atoms with Crippen LogP contribution in [-0.4, -0.2) is 36.0 Å². The molecule has 0 saturated heterocycles. The predicted octanol–water partition coefficient (Wildman–Crippen LogP) is 3.12. The first-order valence-corrected chi connectivity index (χ1v) is 9.54. The molecule has 0 fully saturated rings. The monoisotopic (exact) mass is 413 g/mol. The number of amides is 1. The van der Waals surface area contributed by atoms with E-state index in [0.717, 1.165) is 35.0 Å². The third kappa shape index (κ3) is 3.91. The van der Waals surface area contributed by atoms with Gasteiger partial charge in [-0.25, -0.2) is 8.78 Å². The van der Waals surface area contributed by atoms with Gasteiger partial charge >= 0.3 is 0 Å². The molecule has 0 aliphatic carbocycles. The van der Waals surface area contributed by atoms with E-state index in [-0.39, 0.29) is 17.7 Å². The van der Waals surface area contributed by atoms with E-state index < -0.39 is 17.5 Å².